The van der Waals surface area contributed by atoms with Gasteiger partial charge in [-0.2, -0.15) is 0 Å². The minimum absolute atomic E-state index is 0.174. The number of benzene rings is 3. The highest BCUT2D eigenvalue weighted by Gasteiger charge is 2.50. The fourth-order valence-corrected chi connectivity index (χ4v) is 5.24. The molecule has 0 amide bonds. The Balaban J connectivity index is 1.73. The zero-order valence-electron chi connectivity index (χ0n) is 20.4. The van der Waals surface area contributed by atoms with Gasteiger partial charge < -0.3 is 9.47 Å². The molecule has 0 aromatic heterocycles. The highest BCUT2D eigenvalue weighted by Crippen LogP contribution is 2.46. The molecule has 1 aliphatic rings. The van der Waals surface area contributed by atoms with Crippen LogP contribution in [0.25, 0.3) is 0 Å². The Bertz CT molecular complexity index is 1010. The molecule has 1 heterocycles. The van der Waals surface area contributed by atoms with E-state index in [9.17, 15) is 4.79 Å². The first-order valence-electron chi connectivity index (χ1n) is 12.1. The van der Waals surface area contributed by atoms with Crippen LogP contribution in [0.15, 0.2) is 103 Å². The van der Waals surface area contributed by atoms with Crippen LogP contribution in [-0.4, -0.2) is 18.7 Å². The average molecular weight is 455 g/mol. The van der Waals surface area contributed by atoms with Gasteiger partial charge in [-0.05, 0) is 36.0 Å². The second-order valence-corrected chi connectivity index (χ2v) is 9.78. The minimum atomic E-state index is -0.831. The summed E-state index contributed by atoms with van der Waals surface area (Å²) in [6, 6.07) is 30.8. The van der Waals surface area contributed by atoms with Crippen LogP contribution in [0, 0.1) is 11.3 Å². The molecule has 0 aliphatic carbocycles. The van der Waals surface area contributed by atoms with Crippen LogP contribution in [-0.2, 0) is 19.9 Å². The summed E-state index contributed by atoms with van der Waals surface area (Å²) in [7, 11) is 0. The van der Waals surface area contributed by atoms with E-state index in [-0.39, 0.29) is 18.7 Å². The molecule has 0 saturated carbocycles. The molecule has 0 spiro atoms. The number of cyclic esters (lactones) is 1. The molecule has 3 heteroatoms. The molecule has 1 fully saturated rings. The van der Waals surface area contributed by atoms with Crippen molar-refractivity contribution in [3.05, 3.63) is 120 Å². The quantitative estimate of drug-likeness (QED) is 0.200. The van der Waals surface area contributed by atoms with Crippen molar-refractivity contribution in [2.45, 2.75) is 45.3 Å². The lowest BCUT2D eigenvalue weighted by Crippen LogP contribution is -2.36. The summed E-state index contributed by atoms with van der Waals surface area (Å²) in [5, 5.41) is 0. The molecule has 34 heavy (non-hydrogen) atoms. The van der Waals surface area contributed by atoms with Crippen LogP contribution in [0.4, 0.5) is 0 Å². The molecule has 3 aromatic carbocycles. The monoisotopic (exact) mass is 454 g/mol. The lowest BCUT2D eigenvalue weighted by atomic mass is 9.73. The molecule has 3 nitrogen and oxygen atoms in total. The van der Waals surface area contributed by atoms with Gasteiger partial charge in [0.2, 0.25) is 0 Å². The fourth-order valence-electron chi connectivity index (χ4n) is 5.24. The van der Waals surface area contributed by atoms with Crippen molar-refractivity contribution in [2.75, 3.05) is 6.61 Å². The molecule has 2 atom stereocenters. The van der Waals surface area contributed by atoms with Gasteiger partial charge in [-0.3, -0.25) is 4.79 Å². The highest BCUT2D eigenvalue weighted by atomic mass is 16.6. The van der Waals surface area contributed by atoms with E-state index in [0.717, 1.165) is 28.7 Å². The second-order valence-electron chi connectivity index (χ2n) is 9.78. The molecule has 0 bridgehead atoms. The van der Waals surface area contributed by atoms with E-state index in [1.54, 1.807) is 0 Å². The van der Waals surface area contributed by atoms with Crippen molar-refractivity contribution < 1.29 is 14.3 Å². The molecule has 0 N–H and O–H groups in total. The zero-order valence-corrected chi connectivity index (χ0v) is 20.4. The molecule has 176 valence electrons. The van der Waals surface area contributed by atoms with Crippen molar-refractivity contribution in [1.82, 2.24) is 0 Å². The largest absolute Gasteiger partial charge is 0.459 e. The molecule has 3 aromatic rings. The third kappa shape index (κ3) is 4.45. The molecule has 2 unspecified atom stereocenters. The maximum atomic E-state index is 13.1. The van der Waals surface area contributed by atoms with E-state index in [1.807, 2.05) is 61.5 Å². The number of rotatable bonds is 9. The Morgan fingerprint density at radius 2 is 1.38 bits per heavy atom. The Kier molecular flexibility index (Phi) is 7.04. The van der Waals surface area contributed by atoms with E-state index < -0.39 is 11.0 Å². The number of hydrogen-bond donors (Lipinski definition) is 0. The van der Waals surface area contributed by atoms with Gasteiger partial charge >= 0.3 is 5.97 Å². The van der Waals surface area contributed by atoms with E-state index in [2.05, 4.69) is 56.8 Å². The first-order chi connectivity index (χ1) is 16.4. The maximum absolute atomic E-state index is 13.1. The lowest BCUT2D eigenvalue weighted by Gasteiger charge is -2.36. The molecule has 4 rings (SSSR count). The molecule has 1 saturated heterocycles. The van der Waals surface area contributed by atoms with Gasteiger partial charge in [0.15, 0.2) is 0 Å². The van der Waals surface area contributed by atoms with Crippen LogP contribution in [0.2, 0.25) is 0 Å². The summed E-state index contributed by atoms with van der Waals surface area (Å²) in [5.74, 6) is 0.188. The fraction of sp³-hybridized carbons (Fsp3) is 0.323. The van der Waals surface area contributed by atoms with Crippen LogP contribution in [0.1, 0.15) is 50.3 Å². The van der Waals surface area contributed by atoms with Crippen LogP contribution < -0.4 is 0 Å². The molecular formula is C31H34O3. The predicted octanol–water partition coefficient (Wildman–Crippen LogP) is 6.92. The summed E-state index contributed by atoms with van der Waals surface area (Å²) in [5.41, 5.74) is 2.49. The van der Waals surface area contributed by atoms with Crippen LogP contribution >= 0.6 is 0 Å². The number of ether oxygens (including phenoxy) is 2. The number of hydrogen-bond acceptors (Lipinski definition) is 3. The minimum Gasteiger partial charge on any atom is -0.459 e. The number of esters is 1. The second kappa shape index (κ2) is 9.99. The third-order valence-electron chi connectivity index (χ3n) is 6.84. The van der Waals surface area contributed by atoms with Gasteiger partial charge in [0.25, 0.3) is 0 Å². The normalized spacial score (nSPS) is 20.4. The van der Waals surface area contributed by atoms with Crippen LogP contribution in [0.5, 0.6) is 0 Å². The average Bonchev–Trinajstić information content (AvgIpc) is 3.17. The molecular weight excluding hydrogens is 420 g/mol. The number of carbonyl (C=O) groups is 1. The zero-order chi connectivity index (χ0) is 24.2. The summed E-state index contributed by atoms with van der Waals surface area (Å²) in [4.78, 5) is 13.1. The number of carbonyl (C=O) groups excluding carboxylic acids is 1. The van der Waals surface area contributed by atoms with Gasteiger partial charge in [0, 0.05) is 6.42 Å². The molecule has 1 aliphatic heterocycles. The van der Waals surface area contributed by atoms with Crippen molar-refractivity contribution in [2.24, 2.45) is 11.3 Å². The van der Waals surface area contributed by atoms with Crippen molar-refractivity contribution in [3.8, 4) is 0 Å². The summed E-state index contributed by atoms with van der Waals surface area (Å²) in [6.45, 7) is 10.6. The topological polar surface area (TPSA) is 35.5 Å². The first-order valence-corrected chi connectivity index (χ1v) is 12.1. The summed E-state index contributed by atoms with van der Waals surface area (Å²) >= 11 is 0. The first kappa shape index (κ1) is 24.0. The van der Waals surface area contributed by atoms with E-state index in [4.69, 9.17) is 9.47 Å². The lowest BCUT2D eigenvalue weighted by molar-refractivity contribution is -0.150. The predicted molar refractivity (Wildman–Crippen MR) is 136 cm³/mol. The summed E-state index contributed by atoms with van der Waals surface area (Å²) in [6.07, 6.45) is 0.991. The smallest absolute Gasteiger partial charge is 0.316 e. The Morgan fingerprint density at radius 1 is 0.941 bits per heavy atom. The van der Waals surface area contributed by atoms with E-state index in [0.29, 0.717) is 12.3 Å². The van der Waals surface area contributed by atoms with Crippen LogP contribution in [0.3, 0.4) is 0 Å². The van der Waals surface area contributed by atoms with Crippen molar-refractivity contribution in [1.29, 1.82) is 0 Å². The molecule has 0 radical (unpaired) electrons. The van der Waals surface area contributed by atoms with E-state index >= 15 is 0 Å². The third-order valence-corrected chi connectivity index (χ3v) is 6.84. The van der Waals surface area contributed by atoms with Crippen molar-refractivity contribution >= 4 is 5.97 Å². The Hall–Kier alpha value is -3.17. The van der Waals surface area contributed by atoms with Gasteiger partial charge in [0.05, 0.1) is 12.0 Å². The maximum Gasteiger partial charge on any atom is 0.316 e. The highest BCUT2D eigenvalue weighted by molar-refractivity contribution is 5.82. The Morgan fingerprint density at radius 3 is 1.76 bits per heavy atom. The van der Waals surface area contributed by atoms with Gasteiger partial charge in [0.1, 0.15) is 11.7 Å². The van der Waals surface area contributed by atoms with Gasteiger partial charge in [-0.1, -0.05) is 117 Å². The van der Waals surface area contributed by atoms with E-state index in [1.165, 1.54) is 0 Å². The SMILES string of the molecule is C=C(C)C1(CC(C)C)CC(COC(c2ccccc2)(c2ccccc2)c2ccccc2)OC1=O. The standard InChI is InChI=1S/C31H34O3/c1-23(2)20-30(24(3)4)21-28(34-29(30)32)22-33-31(25-14-8-5-9-15-25,26-16-10-6-11-17-26)27-18-12-7-13-19-27/h5-19,23,28H,3,20-22H2,1-2,4H3. The Labute approximate surface area is 203 Å². The van der Waals surface area contributed by atoms with Gasteiger partial charge in [-0.25, -0.2) is 0 Å². The summed E-state index contributed by atoms with van der Waals surface area (Å²) < 4.78 is 12.8. The van der Waals surface area contributed by atoms with Gasteiger partial charge in [-0.15, -0.1) is 0 Å². The van der Waals surface area contributed by atoms with Crippen molar-refractivity contribution in [3.63, 3.8) is 0 Å².